The fourth-order valence-electron chi connectivity index (χ4n) is 1.61. The number of rotatable bonds is 2. The highest BCUT2D eigenvalue weighted by atomic mass is 16.1. The number of nitrogens with zero attached hydrogens (tertiary/aromatic N) is 3. The van der Waals surface area contributed by atoms with Crippen LogP contribution >= 0.6 is 0 Å². The van der Waals surface area contributed by atoms with E-state index in [1.165, 1.54) is 4.68 Å². The Morgan fingerprint density at radius 3 is 2.62 bits per heavy atom. The third-order valence-corrected chi connectivity index (χ3v) is 2.34. The van der Waals surface area contributed by atoms with Crippen molar-refractivity contribution in [3.8, 4) is 5.82 Å². The molecule has 5 nitrogen and oxygen atoms in total. The molecule has 0 aliphatic rings. The van der Waals surface area contributed by atoms with Gasteiger partial charge in [0.2, 0.25) is 0 Å². The Morgan fingerprint density at radius 1 is 1.31 bits per heavy atom. The van der Waals surface area contributed by atoms with Crippen LogP contribution in [-0.4, -0.2) is 19.7 Å². The largest absolute Gasteiger partial charge is 0.294 e. The first-order chi connectivity index (χ1) is 7.60. The average Bonchev–Trinajstić information content (AvgIpc) is 2.58. The normalized spacial score (nSPS) is 10.7. The summed E-state index contributed by atoms with van der Waals surface area (Å²) in [6, 6.07) is 3.37. The van der Waals surface area contributed by atoms with Crippen LogP contribution in [0.3, 0.4) is 0 Å². The van der Waals surface area contributed by atoms with Crippen LogP contribution in [0.25, 0.3) is 5.82 Å². The zero-order valence-corrected chi connectivity index (χ0v) is 9.61. The standard InChI is InChI=1S/C11H14N4O/c1-4-9-6-11(16)15(14-9)10-5-7(2)12-8(3)13-10/h5-6,14H,4H2,1-3H3. The Kier molecular flexibility index (Phi) is 2.60. The monoisotopic (exact) mass is 218 g/mol. The Morgan fingerprint density at radius 2 is 2.06 bits per heavy atom. The molecule has 0 spiro atoms. The van der Waals surface area contributed by atoms with E-state index in [9.17, 15) is 4.79 Å². The van der Waals surface area contributed by atoms with E-state index in [2.05, 4.69) is 15.1 Å². The molecule has 5 heteroatoms. The van der Waals surface area contributed by atoms with Crippen LogP contribution in [0.2, 0.25) is 0 Å². The molecule has 0 bridgehead atoms. The number of aromatic amines is 1. The molecule has 0 aliphatic carbocycles. The van der Waals surface area contributed by atoms with Crippen molar-refractivity contribution in [1.82, 2.24) is 19.7 Å². The molecule has 0 aliphatic heterocycles. The minimum atomic E-state index is -0.0886. The van der Waals surface area contributed by atoms with E-state index in [-0.39, 0.29) is 5.56 Å². The highest BCUT2D eigenvalue weighted by Crippen LogP contribution is 2.04. The maximum Gasteiger partial charge on any atom is 0.272 e. The third kappa shape index (κ3) is 1.88. The van der Waals surface area contributed by atoms with E-state index in [1.807, 2.05) is 20.8 Å². The van der Waals surface area contributed by atoms with Crippen LogP contribution in [0.5, 0.6) is 0 Å². The summed E-state index contributed by atoms with van der Waals surface area (Å²) in [6.45, 7) is 5.68. The van der Waals surface area contributed by atoms with E-state index < -0.39 is 0 Å². The quantitative estimate of drug-likeness (QED) is 0.822. The lowest BCUT2D eigenvalue weighted by atomic mass is 10.3. The maximum atomic E-state index is 11.7. The van der Waals surface area contributed by atoms with E-state index >= 15 is 0 Å². The molecule has 1 N–H and O–H groups in total. The van der Waals surface area contributed by atoms with Gasteiger partial charge in [0.05, 0.1) is 0 Å². The van der Waals surface area contributed by atoms with Crippen LogP contribution in [0, 0.1) is 13.8 Å². The van der Waals surface area contributed by atoms with Crippen LogP contribution in [0.15, 0.2) is 16.9 Å². The SMILES string of the molecule is CCc1cc(=O)n(-c2cc(C)nc(C)n2)[nH]1. The van der Waals surface area contributed by atoms with Gasteiger partial charge in [-0.3, -0.25) is 9.89 Å². The summed E-state index contributed by atoms with van der Waals surface area (Å²) >= 11 is 0. The lowest BCUT2D eigenvalue weighted by Crippen LogP contribution is -2.16. The van der Waals surface area contributed by atoms with Crippen molar-refractivity contribution in [3.63, 3.8) is 0 Å². The van der Waals surface area contributed by atoms with Gasteiger partial charge in [-0.25, -0.2) is 14.6 Å². The summed E-state index contributed by atoms with van der Waals surface area (Å²) in [6.07, 6.45) is 0.797. The fourth-order valence-corrected chi connectivity index (χ4v) is 1.61. The molecule has 16 heavy (non-hydrogen) atoms. The predicted molar refractivity (Wildman–Crippen MR) is 60.8 cm³/mol. The summed E-state index contributed by atoms with van der Waals surface area (Å²) in [5, 5.41) is 3.02. The zero-order chi connectivity index (χ0) is 11.7. The highest BCUT2D eigenvalue weighted by Gasteiger charge is 2.06. The molecule has 0 saturated heterocycles. The van der Waals surface area contributed by atoms with Gasteiger partial charge in [0, 0.05) is 23.5 Å². The molecule has 2 aromatic rings. The van der Waals surface area contributed by atoms with Gasteiger partial charge in [0.15, 0.2) is 5.82 Å². The van der Waals surface area contributed by atoms with Crippen LogP contribution < -0.4 is 5.56 Å². The van der Waals surface area contributed by atoms with Crippen molar-refractivity contribution in [1.29, 1.82) is 0 Å². The van der Waals surface area contributed by atoms with Gasteiger partial charge in [-0.2, -0.15) is 0 Å². The van der Waals surface area contributed by atoms with Crippen molar-refractivity contribution < 1.29 is 0 Å². The second-order valence-electron chi connectivity index (χ2n) is 3.72. The summed E-state index contributed by atoms with van der Waals surface area (Å²) in [5.41, 5.74) is 1.66. The lowest BCUT2D eigenvalue weighted by molar-refractivity contribution is 0.779. The number of aromatic nitrogens is 4. The Hall–Kier alpha value is -1.91. The van der Waals surface area contributed by atoms with Crippen LogP contribution in [0.4, 0.5) is 0 Å². The number of H-pyrrole nitrogens is 1. The molecule has 0 atom stereocenters. The van der Waals surface area contributed by atoms with Crippen molar-refractivity contribution in [2.45, 2.75) is 27.2 Å². The molecule has 0 radical (unpaired) electrons. The number of nitrogens with one attached hydrogen (secondary N) is 1. The number of hydrogen-bond donors (Lipinski definition) is 1. The van der Waals surface area contributed by atoms with Crippen molar-refractivity contribution in [3.05, 3.63) is 39.7 Å². The van der Waals surface area contributed by atoms with Gasteiger partial charge in [0.25, 0.3) is 5.56 Å². The Balaban J connectivity index is 2.57. The summed E-state index contributed by atoms with van der Waals surface area (Å²) in [5.74, 6) is 1.25. The topological polar surface area (TPSA) is 63.6 Å². The molecule has 0 saturated carbocycles. The Labute approximate surface area is 93.2 Å². The van der Waals surface area contributed by atoms with Crippen molar-refractivity contribution in [2.75, 3.05) is 0 Å². The minimum Gasteiger partial charge on any atom is -0.294 e. The fraction of sp³-hybridized carbons (Fsp3) is 0.364. The minimum absolute atomic E-state index is 0.0886. The van der Waals surface area contributed by atoms with E-state index in [0.717, 1.165) is 17.8 Å². The van der Waals surface area contributed by atoms with Gasteiger partial charge in [-0.15, -0.1) is 0 Å². The molecule has 0 unspecified atom stereocenters. The molecule has 84 valence electrons. The van der Waals surface area contributed by atoms with Gasteiger partial charge in [-0.05, 0) is 20.3 Å². The van der Waals surface area contributed by atoms with Gasteiger partial charge < -0.3 is 0 Å². The maximum absolute atomic E-state index is 11.7. The number of aryl methyl sites for hydroxylation is 3. The number of hydrogen-bond acceptors (Lipinski definition) is 3. The van der Waals surface area contributed by atoms with E-state index in [0.29, 0.717) is 11.6 Å². The molecular weight excluding hydrogens is 204 g/mol. The van der Waals surface area contributed by atoms with E-state index in [4.69, 9.17) is 0 Å². The first-order valence-electron chi connectivity index (χ1n) is 5.23. The highest BCUT2D eigenvalue weighted by molar-refractivity contribution is 5.24. The molecule has 2 aromatic heterocycles. The smallest absolute Gasteiger partial charge is 0.272 e. The van der Waals surface area contributed by atoms with Crippen molar-refractivity contribution in [2.24, 2.45) is 0 Å². The summed E-state index contributed by atoms with van der Waals surface area (Å²) in [7, 11) is 0. The molecule has 0 aromatic carbocycles. The summed E-state index contributed by atoms with van der Waals surface area (Å²) in [4.78, 5) is 20.1. The first kappa shape index (κ1) is 10.6. The second kappa shape index (κ2) is 3.92. The zero-order valence-electron chi connectivity index (χ0n) is 9.61. The van der Waals surface area contributed by atoms with Crippen molar-refractivity contribution >= 4 is 0 Å². The van der Waals surface area contributed by atoms with Gasteiger partial charge in [0.1, 0.15) is 5.82 Å². The summed E-state index contributed by atoms with van der Waals surface area (Å²) < 4.78 is 1.44. The molecule has 0 amide bonds. The molecule has 0 fully saturated rings. The molecule has 2 heterocycles. The molecule has 2 rings (SSSR count). The van der Waals surface area contributed by atoms with Crippen LogP contribution in [0.1, 0.15) is 24.1 Å². The third-order valence-electron chi connectivity index (χ3n) is 2.34. The predicted octanol–water partition coefficient (Wildman–Crippen LogP) is 1.13. The molecular formula is C11H14N4O. The first-order valence-corrected chi connectivity index (χ1v) is 5.23. The Bertz CT molecular complexity index is 547. The average molecular weight is 218 g/mol. The van der Waals surface area contributed by atoms with Gasteiger partial charge >= 0.3 is 0 Å². The van der Waals surface area contributed by atoms with Crippen LogP contribution in [-0.2, 0) is 6.42 Å². The van der Waals surface area contributed by atoms with E-state index in [1.54, 1.807) is 12.1 Å². The second-order valence-corrected chi connectivity index (χ2v) is 3.72. The lowest BCUT2D eigenvalue weighted by Gasteiger charge is -2.03. The van der Waals surface area contributed by atoms with Gasteiger partial charge in [-0.1, -0.05) is 6.92 Å².